The van der Waals surface area contributed by atoms with E-state index in [1.165, 1.54) is 12.8 Å². The summed E-state index contributed by atoms with van der Waals surface area (Å²) in [6.45, 7) is 4.89. The molecule has 20 heavy (non-hydrogen) atoms. The molecule has 1 aromatic rings. The standard InChI is InChI=1S/C16H26N2O2/c1-12(13-4-5-13)18(8-9-19-2)11-14-6-7-15(20-3)10-16(14)17/h6-7,10,12-13H,4-5,8-9,11,17H2,1-3H3. The van der Waals surface area contributed by atoms with Crippen molar-refractivity contribution in [2.24, 2.45) is 5.92 Å². The van der Waals surface area contributed by atoms with E-state index in [9.17, 15) is 0 Å². The summed E-state index contributed by atoms with van der Waals surface area (Å²) in [6.07, 6.45) is 2.70. The van der Waals surface area contributed by atoms with E-state index < -0.39 is 0 Å². The van der Waals surface area contributed by atoms with Crippen LogP contribution in [-0.4, -0.2) is 38.3 Å². The van der Waals surface area contributed by atoms with Gasteiger partial charge in [-0.25, -0.2) is 0 Å². The Bertz CT molecular complexity index is 432. The molecule has 0 bridgehead atoms. The highest BCUT2D eigenvalue weighted by Gasteiger charge is 2.31. The largest absolute Gasteiger partial charge is 0.497 e. The summed E-state index contributed by atoms with van der Waals surface area (Å²) < 4.78 is 10.4. The number of hydrogen-bond acceptors (Lipinski definition) is 4. The number of rotatable bonds is 8. The van der Waals surface area contributed by atoms with Crippen molar-refractivity contribution in [2.75, 3.05) is 33.1 Å². The Morgan fingerprint density at radius 3 is 2.65 bits per heavy atom. The SMILES string of the molecule is COCCN(Cc1ccc(OC)cc1N)C(C)C1CC1. The van der Waals surface area contributed by atoms with Gasteiger partial charge < -0.3 is 15.2 Å². The van der Waals surface area contributed by atoms with E-state index in [1.807, 2.05) is 12.1 Å². The van der Waals surface area contributed by atoms with Crippen LogP contribution in [0, 0.1) is 5.92 Å². The van der Waals surface area contributed by atoms with Crippen LogP contribution in [0.3, 0.4) is 0 Å². The van der Waals surface area contributed by atoms with E-state index in [1.54, 1.807) is 14.2 Å². The summed E-state index contributed by atoms with van der Waals surface area (Å²) in [5, 5.41) is 0. The number of benzene rings is 1. The molecule has 0 amide bonds. The molecule has 1 fully saturated rings. The topological polar surface area (TPSA) is 47.7 Å². The summed E-state index contributed by atoms with van der Waals surface area (Å²) in [5.41, 5.74) is 8.09. The zero-order chi connectivity index (χ0) is 14.5. The van der Waals surface area contributed by atoms with Gasteiger partial charge in [0.05, 0.1) is 13.7 Å². The van der Waals surface area contributed by atoms with Crippen LogP contribution in [-0.2, 0) is 11.3 Å². The van der Waals surface area contributed by atoms with Crippen molar-refractivity contribution in [2.45, 2.75) is 32.4 Å². The molecule has 1 aliphatic carbocycles. The van der Waals surface area contributed by atoms with Crippen molar-refractivity contribution >= 4 is 5.69 Å². The van der Waals surface area contributed by atoms with E-state index in [2.05, 4.69) is 17.9 Å². The first kappa shape index (κ1) is 15.1. The van der Waals surface area contributed by atoms with Crippen LogP contribution in [0.5, 0.6) is 5.75 Å². The Balaban J connectivity index is 2.05. The molecule has 2 N–H and O–H groups in total. The number of methoxy groups -OCH3 is 2. The van der Waals surface area contributed by atoms with E-state index in [0.717, 1.165) is 42.6 Å². The highest BCUT2D eigenvalue weighted by Crippen LogP contribution is 2.36. The van der Waals surface area contributed by atoms with E-state index in [0.29, 0.717) is 6.04 Å². The Labute approximate surface area is 121 Å². The number of anilines is 1. The van der Waals surface area contributed by atoms with Crippen molar-refractivity contribution in [3.63, 3.8) is 0 Å². The van der Waals surface area contributed by atoms with Crippen LogP contribution in [0.25, 0.3) is 0 Å². The molecule has 112 valence electrons. The van der Waals surface area contributed by atoms with Crippen molar-refractivity contribution < 1.29 is 9.47 Å². The lowest BCUT2D eigenvalue weighted by Gasteiger charge is -2.29. The summed E-state index contributed by atoms with van der Waals surface area (Å²) in [4.78, 5) is 2.47. The fourth-order valence-corrected chi connectivity index (χ4v) is 2.57. The molecule has 0 spiro atoms. The molecule has 0 radical (unpaired) electrons. The Morgan fingerprint density at radius 2 is 2.10 bits per heavy atom. The van der Waals surface area contributed by atoms with E-state index >= 15 is 0 Å². The van der Waals surface area contributed by atoms with Crippen LogP contribution < -0.4 is 10.5 Å². The van der Waals surface area contributed by atoms with Gasteiger partial charge in [0.1, 0.15) is 5.75 Å². The van der Waals surface area contributed by atoms with Gasteiger partial charge in [0.25, 0.3) is 0 Å². The van der Waals surface area contributed by atoms with E-state index in [4.69, 9.17) is 15.2 Å². The maximum atomic E-state index is 6.13. The molecular formula is C16H26N2O2. The molecule has 4 nitrogen and oxygen atoms in total. The minimum absolute atomic E-state index is 0.589. The van der Waals surface area contributed by atoms with Gasteiger partial charge in [-0.15, -0.1) is 0 Å². The second kappa shape index (κ2) is 6.95. The summed E-state index contributed by atoms with van der Waals surface area (Å²) >= 11 is 0. The quantitative estimate of drug-likeness (QED) is 0.742. The second-order valence-electron chi connectivity index (χ2n) is 5.61. The molecule has 0 aromatic heterocycles. The zero-order valence-electron chi connectivity index (χ0n) is 12.8. The molecule has 1 saturated carbocycles. The third kappa shape index (κ3) is 3.87. The normalized spacial score (nSPS) is 16.4. The van der Waals surface area contributed by atoms with Crippen molar-refractivity contribution in [1.29, 1.82) is 0 Å². The van der Waals surface area contributed by atoms with Crippen LogP contribution >= 0.6 is 0 Å². The third-order valence-electron chi connectivity index (χ3n) is 4.19. The molecule has 2 rings (SSSR count). The van der Waals surface area contributed by atoms with Gasteiger partial charge in [-0.05, 0) is 37.3 Å². The molecular weight excluding hydrogens is 252 g/mol. The van der Waals surface area contributed by atoms with Crippen LogP contribution in [0.15, 0.2) is 18.2 Å². The lowest BCUT2D eigenvalue weighted by Crippen LogP contribution is -2.36. The first-order valence-electron chi connectivity index (χ1n) is 7.31. The van der Waals surface area contributed by atoms with Crippen molar-refractivity contribution in [3.05, 3.63) is 23.8 Å². The predicted molar refractivity (Wildman–Crippen MR) is 81.9 cm³/mol. The van der Waals surface area contributed by atoms with Crippen molar-refractivity contribution in [3.8, 4) is 5.75 Å². The number of hydrogen-bond donors (Lipinski definition) is 1. The van der Waals surface area contributed by atoms with Crippen LogP contribution in [0.1, 0.15) is 25.3 Å². The average molecular weight is 278 g/mol. The van der Waals surface area contributed by atoms with Gasteiger partial charge in [0, 0.05) is 38.0 Å². The first-order valence-corrected chi connectivity index (χ1v) is 7.31. The number of ether oxygens (including phenoxy) is 2. The average Bonchev–Trinajstić information content (AvgIpc) is 3.28. The molecule has 1 aliphatic rings. The lowest BCUT2D eigenvalue weighted by molar-refractivity contribution is 0.112. The van der Waals surface area contributed by atoms with Gasteiger partial charge in [-0.3, -0.25) is 4.90 Å². The number of nitrogens with zero attached hydrogens (tertiary/aromatic N) is 1. The highest BCUT2D eigenvalue weighted by molar-refractivity contribution is 5.51. The molecule has 1 aromatic carbocycles. The fourth-order valence-electron chi connectivity index (χ4n) is 2.57. The highest BCUT2D eigenvalue weighted by atomic mass is 16.5. The van der Waals surface area contributed by atoms with Gasteiger partial charge >= 0.3 is 0 Å². The van der Waals surface area contributed by atoms with Gasteiger partial charge in [0.15, 0.2) is 0 Å². The third-order valence-corrected chi connectivity index (χ3v) is 4.19. The Morgan fingerprint density at radius 1 is 1.35 bits per heavy atom. The molecule has 0 saturated heterocycles. The predicted octanol–water partition coefficient (Wildman–Crippen LogP) is 2.52. The number of nitrogens with two attached hydrogens (primary N) is 1. The zero-order valence-corrected chi connectivity index (χ0v) is 12.8. The maximum Gasteiger partial charge on any atom is 0.120 e. The molecule has 0 aliphatic heterocycles. The van der Waals surface area contributed by atoms with Gasteiger partial charge in [-0.1, -0.05) is 6.07 Å². The second-order valence-corrected chi connectivity index (χ2v) is 5.61. The molecule has 1 atom stereocenters. The minimum Gasteiger partial charge on any atom is -0.497 e. The lowest BCUT2D eigenvalue weighted by atomic mass is 10.1. The van der Waals surface area contributed by atoms with Crippen LogP contribution in [0.4, 0.5) is 5.69 Å². The molecule has 1 unspecified atom stereocenters. The van der Waals surface area contributed by atoms with Gasteiger partial charge in [0.2, 0.25) is 0 Å². The monoisotopic (exact) mass is 278 g/mol. The van der Waals surface area contributed by atoms with Gasteiger partial charge in [-0.2, -0.15) is 0 Å². The number of nitrogen functional groups attached to an aromatic ring is 1. The summed E-state index contributed by atoms with van der Waals surface area (Å²) in [7, 11) is 3.41. The minimum atomic E-state index is 0.589. The summed E-state index contributed by atoms with van der Waals surface area (Å²) in [6, 6.07) is 6.52. The molecule has 4 heteroatoms. The maximum absolute atomic E-state index is 6.13. The van der Waals surface area contributed by atoms with Crippen LogP contribution in [0.2, 0.25) is 0 Å². The summed E-state index contributed by atoms with van der Waals surface area (Å²) in [5.74, 6) is 1.65. The Hall–Kier alpha value is -1.26. The van der Waals surface area contributed by atoms with Crippen molar-refractivity contribution in [1.82, 2.24) is 4.90 Å². The smallest absolute Gasteiger partial charge is 0.120 e. The fraction of sp³-hybridized carbons (Fsp3) is 0.625. The Kier molecular flexibility index (Phi) is 5.26. The molecule has 0 heterocycles. The van der Waals surface area contributed by atoms with E-state index in [-0.39, 0.29) is 0 Å². The first-order chi connectivity index (χ1) is 9.65.